The lowest BCUT2D eigenvalue weighted by Crippen LogP contribution is -2.15. The van der Waals surface area contributed by atoms with E-state index in [1.54, 1.807) is 18.2 Å². The molecule has 0 aliphatic carbocycles. The molecule has 9 nitrogen and oxygen atoms in total. The highest BCUT2D eigenvalue weighted by molar-refractivity contribution is 9.10. The Labute approximate surface area is 179 Å². The number of hydrogen-bond acceptors (Lipinski definition) is 7. The zero-order valence-corrected chi connectivity index (χ0v) is 18.3. The number of ether oxygens (including phenoxy) is 4. The Hall–Kier alpha value is -3.27. The molecule has 0 unspecified atom stereocenters. The van der Waals surface area contributed by atoms with Crippen LogP contribution >= 0.6 is 15.9 Å². The fraction of sp³-hybridized carbons (Fsp3) is 0.250. The molecule has 0 saturated heterocycles. The number of rotatable bonds is 7. The van der Waals surface area contributed by atoms with Crippen LogP contribution in [0.2, 0.25) is 0 Å². The number of aromatic amines is 1. The molecule has 0 bridgehead atoms. The lowest BCUT2D eigenvalue weighted by Gasteiger charge is -2.14. The molecule has 0 radical (unpaired) electrons. The molecule has 0 fully saturated rings. The number of nitrogens with zero attached hydrogens (tertiary/aromatic N) is 1. The predicted molar refractivity (Wildman–Crippen MR) is 114 cm³/mol. The minimum Gasteiger partial charge on any atom is -0.493 e. The molecule has 0 aliphatic rings. The monoisotopic (exact) mass is 478 g/mol. The molecule has 10 heteroatoms. The van der Waals surface area contributed by atoms with Gasteiger partial charge < -0.3 is 23.9 Å². The first-order valence-corrected chi connectivity index (χ1v) is 9.49. The average Bonchev–Trinajstić information content (AvgIpc) is 2.73. The highest BCUT2D eigenvalue weighted by atomic mass is 79.9. The van der Waals surface area contributed by atoms with E-state index in [1.165, 1.54) is 34.5 Å². The van der Waals surface area contributed by atoms with Crippen molar-refractivity contribution in [2.24, 2.45) is 0 Å². The van der Waals surface area contributed by atoms with Crippen molar-refractivity contribution in [1.82, 2.24) is 4.98 Å². The summed E-state index contributed by atoms with van der Waals surface area (Å²) in [6, 6.07) is 6.58. The number of benzene rings is 2. The molecule has 0 aliphatic heterocycles. The summed E-state index contributed by atoms with van der Waals surface area (Å²) >= 11 is 3.50. The number of methoxy groups -OCH3 is 4. The number of H-pyrrole nitrogens is 1. The molecule has 2 aromatic carbocycles. The van der Waals surface area contributed by atoms with Crippen molar-refractivity contribution < 1.29 is 23.9 Å². The van der Waals surface area contributed by atoms with E-state index < -0.39 is 16.2 Å². The highest BCUT2D eigenvalue weighted by Gasteiger charge is 2.23. The fourth-order valence-electron chi connectivity index (χ4n) is 3.25. The highest BCUT2D eigenvalue weighted by Crippen LogP contribution is 2.38. The van der Waals surface area contributed by atoms with Gasteiger partial charge in [0.05, 0.1) is 38.7 Å². The van der Waals surface area contributed by atoms with Gasteiger partial charge >= 0.3 is 11.2 Å². The molecule has 3 rings (SSSR count). The third kappa shape index (κ3) is 3.78. The summed E-state index contributed by atoms with van der Waals surface area (Å²) in [7, 11) is 5.94. The number of halogens is 1. The standard InChI is InChI=1S/C20H19BrN2O7/c1-27-15-6-10(13(21)9-18(15)30-4)5-14-11-7-16(28-2)17(29-3)8-12(11)19(23(25)26)20(24)22-14/h6-9H,5H2,1-4H3,(H,22,24). The summed E-state index contributed by atoms with van der Waals surface area (Å²) in [6.07, 6.45) is 0.264. The lowest BCUT2D eigenvalue weighted by molar-refractivity contribution is -0.384. The number of nitro groups is 1. The van der Waals surface area contributed by atoms with E-state index in [2.05, 4.69) is 20.9 Å². The molecule has 0 spiro atoms. The SMILES string of the molecule is COc1cc(Br)c(Cc2[nH]c(=O)c([N+](=O)[O-])c3cc(OC)c(OC)cc23)cc1OC. The summed E-state index contributed by atoms with van der Waals surface area (Å²) < 4.78 is 22.0. The number of nitrogens with one attached hydrogen (secondary N) is 1. The van der Waals surface area contributed by atoms with Crippen LogP contribution in [0.15, 0.2) is 33.5 Å². The molecule has 1 heterocycles. The van der Waals surface area contributed by atoms with E-state index in [9.17, 15) is 14.9 Å². The normalized spacial score (nSPS) is 10.7. The van der Waals surface area contributed by atoms with Gasteiger partial charge in [-0.25, -0.2) is 0 Å². The summed E-state index contributed by atoms with van der Waals surface area (Å²) in [5.74, 6) is 1.74. The summed E-state index contributed by atoms with van der Waals surface area (Å²) in [5.41, 5.74) is -0.0879. The molecule has 0 atom stereocenters. The van der Waals surface area contributed by atoms with Gasteiger partial charge in [-0.3, -0.25) is 14.9 Å². The minimum absolute atomic E-state index is 0.160. The summed E-state index contributed by atoms with van der Waals surface area (Å²) in [6.45, 7) is 0. The van der Waals surface area contributed by atoms with Crippen LogP contribution < -0.4 is 24.5 Å². The van der Waals surface area contributed by atoms with Crippen LogP contribution in [0.5, 0.6) is 23.0 Å². The second kappa shape index (κ2) is 8.62. The predicted octanol–water partition coefficient (Wildman–Crippen LogP) is 3.82. The number of pyridine rings is 1. The van der Waals surface area contributed by atoms with Gasteiger partial charge in [0.25, 0.3) is 0 Å². The van der Waals surface area contributed by atoms with Gasteiger partial charge in [-0.2, -0.15) is 0 Å². The Morgan fingerprint density at radius 2 is 1.40 bits per heavy atom. The van der Waals surface area contributed by atoms with Crippen LogP contribution in [0.1, 0.15) is 11.3 Å². The Bertz CT molecular complexity index is 1190. The van der Waals surface area contributed by atoms with Crippen LogP contribution in [-0.4, -0.2) is 38.3 Å². The number of fused-ring (bicyclic) bond motifs is 1. The zero-order chi connectivity index (χ0) is 22.0. The van der Waals surface area contributed by atoms with Gasteiger partial charge in [-0.05, 0) is 29.8 Å². The van der Waals surface area contributed by atoms with Crippen LogP contribution in [-0.2, 0) is 6.42 Å². The summed E-state index contributed by atoms with van der Waals surface area (Å²) in [5, 5.41) is 12.2. The van der Waals surface area contributed by atoms with Crippen molar-refractivity contribution in [2.75, 3.05) is 28.4 Å². The largest absolute Gasteiger partial charge is 0.493 e. The van der Waals surface area contributed by atoms with E-state index in [-0.39, 0.29) is 17.6 Å². The Balaban J connectivity index is 2.28. The van der Waals surface area contributed by atoms with Gasteiger partial charge in [0.15, 0.2) is 23.0 Å². The van der Waals surface area contributed by atoms with Crippen molar-refractivity contribution in [1.29, 1.82) is 0 Å². The molecular weight excluding hydrogens is 460 g/mol. The maximum Gasteiger partial charge on any atom is 0.341 e. The third-order valence-corrected chi connectivity index (χ3v) is 5.42. The smallest absolute Gasteiger partial charge is 0.341 e. The van der Waals surface area contributed by atoms with Crippen molar-refractivity contribution in [3.05, 3.63) is 60.5 Å². The topological polar surface area (TPSA) is 113 Å². The van der Waals surface area contributed by atoms with Crippen LogP contribution in [0.3, 0.4) is 0 Å². The minimum atomic E-state index is -0.800. The molecule has 1 N–H and O–H groups in total. The van der Waals surface area contributed by atoms with E-state index in [0.29, 0.717) is 28.3 Å². The lowest BCUT2D eigenvalue weighted by atomic mass is 10.0. The molecule has 0 saturated carbocycles. The number of aromatic nitrogens is 1. The first-order chi connectivity index (χ1) is 14.3. The molecule has 30 heavy (non-hydrogen) atoms. The van der Waals surface area contributed by atoms with Gasteiger partial charge in [-0.1, -0.05) is 15.9 Å². The molecule has 158 valence electrons. The first-order valence-electron chi connectivity index (χ1n) is 8.70. The van der Waals surface area contributed by atoms with Gasteiger partial charge in [0.1, 0.15) is 0 Å². The zero-order valence-electron chi connectivity index (χ0n) is 16.7. The molecule has 1 aromatic heterocycles. The van der Waals surface area contributed by atoms with Crippen molar-refractivity contribution >= 4 is 32.4 Å². The van der Waals surface area contributed by atoms with Crippen LogP contribution in [0.4, 0.5) is 5.69 Å². The molecule has 0 amide bonds. The summed E-state index contributed by atoms with van der Waals surface area (Å²) in [4.78, 5) is 26.0. The van der Waals surface area contributed by atoms with E-state index >= 15 is 0 Å². The van der Waals surface area contributed by atoms with E-state index in [1.807, 2.05) is 0 Å². The third-order valence-electron chi connectivity index (χ3n) is 4.69. The molecule has 3 aromatic rings. The Morgan fingerprint density at radius 3 is 1.93 bits per heavy atom. The quantitative estimate of drug-likeness (QED) is 0.405. The van der Waals surface area contributed by atoms with Gasteiger partial charge in [-0.15, -0.1) is 0 Å². The van der Waals surface area contributed by atoms with Crippen LogP contribution in [0, 0.1) is 10.1 Å². The van der Waals surface area contributed by atoms with Crippen molar-refractivity contribution in [3.8, 4) is 23.0 Å². The van der Waals surface area contributed by atoms with E-state index in [0.717, 1.165) is 10.0 Å². The maximum absolute atomic E-state index is 12.5. The first kappa shape index (κ1) is 21.4. The van der Waals surface area contributed by atoms with Crippen molar-refractivity contribution in [2.45, 2.75) is 6.42 Å². The molecular formula is C20H19BrN2O7. The van der Waals surface area contributed by atoms with Gasteiger partial charge in [0.2, 0.25) is 0 Å². The fourth-order valence-corrected chi connectivity index (χ4v) is 3.72. The van der Waals surface area contributed by atoms with Crippen molar-refractivity contribution in [3.63, 3.8) is 0 Å². The average molecular weight is 479 g/mol. The van der Waals surface area contributed by atoms with Gasteiger partial charge in [0, 0.05) is 22.0 Å². The number of hydrogen-bond donors (Lipinski definition) is 1. The Morgan fingerprint density at radius 1 is 0.900 bits per heavy atom. The second-order valence-electron chi connectivity index (χ2n) is 6.27. The maximum atomic E-state index is 12.5. The van der Waals surface area contributed by atoms with Crippen LogP contribution in [0.25, 0.3) is 10.8 Å². The Kier molecular flexibility index (Phi) is 6.16. The van der Waals surface area contributed by atoms with E-state index in [4.69, 9.17) is 18.9 Å². The second-order valence-corrected chi connectivity index (χ2v) is 7.12.